The van der Waals surface area contributed by atoms with Crippen molar-refractivity contribution in [2.75, 3.05) is 6.61 Å². The lowest BCUT2D eigenvalue weighted by Gasteiger charge is -2.24. The highest BCUT2D eigenvalue weighted by Gasteiger charge is 2.24. The van der Waals surface area contributed by atoms with Crippen molar-refractivity contribution in [3.8, 4) is 0 Å². The number of allylic oxidation sites excluding steroid dienone is 12. The molecule has 0 heterocycles. The molecule has 0 fully saturated rings. The summed E-state index contributed by atoms with van der Waals surface area (Å²) in [5, 5.41) is 23.9. The van der Waals surface area contributed by atoms with E-state index in [2.05, 4.69) is 74.7 Å². The fourth-order valence-corrected chi connectivity index (χ4v) is 8.52. The first-order chi connectivity index (χ1) is 33.0. The van der Waals surface area contributed by atoms with Crippen LogP contribution in [0.5, 0.6) is 0 Å². The number of rotatable bonds is 51. The molecule has 0 aromatic carbocycles. The van der Waals surface area contributed by atoms with Crippen molar-refractivity contribution in [3.05, 3.63) is 72.9 Å². The van der Waals surface area contributed by atoms with Crippen LogP contribution in [-0.4, -0.2) is 46.9 Å². The van der Waals surface area contributed by atoms with Crippen LogP contribution in [0, 0.1) is 0 Å². The fourth-order valence-electron chi connectivity index (χ4n) is 8.52. The first-order valence-electron chi connectivity index (χ1n) is 28.7. The lowest BCUT2D eigenvalue weighted by atomic mass is 10.0. The van der Waals surface area contributed by atoms with Crippen molar-refractivity contribution in [3.63, 3.8) is 0 Å². The monoisotopic (exact) mass is 936 g/mol. The molecule has 3 unspecified atom stereocenters. The summed E-state index contributed by atoms with van der Waals surface area (Å²) in [6.07, 6.45) is 69.5. The van der Waals surface area contributed by atoms with Crippen molar-refractivity contribution in [1.29, 1.82) is 0 Å². The van der Waals surface area contributed by atoms with Crippen LogP contribution >= 0.6 is 0 Å². The minimum atomic E-state index is -0.798. The molecule has 0 radical (unpaired) electrons. The van der Waals surface area contributed by atoms with Crippen LogP contribution in [0.1, 0.15) is 278 Å². The van der Waals surface area contributed by atoms with E-state index in [-0.39, 0.29) is 24.9 Å². The predicted octanol–water partition coefficient (Wildman–Crippen LogP) is 17.7. The Labute approximate surface area is 415 Å². The quantitative estimate of drug-likeness (QED) is 0.0244. The summed E-state index contributed by atoms with van der Waals surface area (Å²) < 4.78 is 5.95. The van der Waals surface area contributed by atoms with E-state index >= 15 is 0 Å². The number of esters is 1. The number of aliphatic hydroxyl groups excluding tert-OH is 2. The Balaban J connectivity index is 4.63. The Morgan fingerprint density at radius 2 is 0.806 bits per heavy atom. The van der Waals surface area contributed by atoms with E-state index in [0.717, 1.165) is 89.9 Å². The predicted molar refractivity (Wildman–Crippen MR) is 291 cm³/mol. The van der Waals surface area contributed by atoms with E-state index in [1.807, 2.05) is 24.3 Å². The number of amides is 1. The summed E-state index contributed by atoms with van der Waals surface area (Å²) in [4.78, 5) is 26.3. The van der Waals surface area contributed by atoms with Gasteiger partial charge < -0.3 is 20.3 Å². The number of carbonyl (C=O) groups excluding carboxylic acids is 2. The fraction of sp³-hybridized carbons (Fsp3) is 0.770. The van der Waals surface area contributed by atoms with Gasteiger partial charge in [-0.1, -0.05) is 267 Å². The summed E-state index contributed by atoms with van der Waals surface area (Å²) in [5.74, 6) is -0.506. The largest absolute Gasteiger partial charge is 0.462 e. The van der Waals surface area contributed by atoms with Crippen molar-refractivity contribution < 1.29 is 24.5 Å². The molecule has 0 rings (SSSR count). The molecule has 0 bridgehead atoms. The van der Waals surface area contributed by atoms with E-state index in [4.69, 9.17) is 4.74 Å². The van der Waals surface area contributed by atoms with Crippen LogP contribution < -0.4 is 5.32 Å². The molecule has 0 aliphatic heterocycles. The lowest BCUT2D eigenvalue weighted by molar-refractivity contribution is -0.151. The second-order valence-electron chi connectivity index (χ2n) is 19.5. The Morgan fingerprint density at radius 1 is 0.433 bits per heavy atom. The van der Waals surface area contributed by atoms with Crippen LogP contribution in [0.2, 0.25) is 0 Å². The van der Waals surface area contributed by atoms with Crippen LogP contribution in [0.4, 0.5) is 0 Å². The molecule has 0 aromatic heterocycles. The van der Waals surface area contributed by atoms with Gasteiger partial charge in [-0.05, 0) is 70.6 Å². The van der Waals surface area contributed by atoms with Gasteiger partial charge in [-0.25, -0.2) is 0 Å². The Bertz CT molecular complexity index is 1230. The van der Waals surface area contributed by atoms with Gasteiger partial charge in [0.25, 0.3) is 0 Å². The van der Waals surface area contributed by atoms with E-state index in [1.165, 1.54) is 141 Å². The Kier molecular flexibility index (Phi) is 52.1. The van der Waals surface area contributed by atoms with Gasteiger partial charge in [-0.3, -0.25) is 9.59 Å². The number of unbranched alkanes of at least 4 members (excludes halogenated alkanes) is 31. The summed E-state index contributed by atoms with van der Waals surface area (Å²) >= 11 is 0. The minimum absolute atomic E-state index is 0.0596. The van der Waals surface area contributed by atoms with Crippen molar-refractivity contribution in [2.45, 2.75) is 296 Å². The number of aliphatic hydroxyl groups is 2. The summed E-state index contributed by atoms with van der Waals surface area (Å²) in [7, 11) is 0. The molecule has 0 saturated heterocycles. The van der Waals surface area contributed by atoms with Crippen LogP contribution in [-0.2, 0) is 14.3 Å². The minimum Gasteiger partial charge on any atom is -0.462 e. The third-order valence-corrected chi connectivity index (χ3v) is 12.9. The van der Waals surface area contributed by atoms with Gasteiger partial charge in [0.1, 0.15) is 6.10 Å². The molecular weight excluding hydrogens is 827 g/mol. The van der Waals surface area contributed by atoms with Gasteiger partial charge >= 0.3 is 5.97 Å². The van der Waals surface area contributed by atoms with Gasteiger partial charge in [0.05, 0.1) is 25.2 Å². The molecule has 0 aromatic rings. The standard InChI is InChI=1S/C61H109NO5/c1-4-7-10-13-16-19-22-25-28-29-30-33-36-39-42-45-48-51-54-61(66)67-57(52-49-46-43-40-37-34-31-26-23-20-17-14-11-8-5-2)55-60(65)62-58(56-63)59(64)53-50-47-44-41-38-35-32-27-24-21-18-15-12-9-6-3/h10,13,16,19,22,25-26,28-31,33,57-59,63-64H,4-9,11-12,14-15,17-18,20-21,23-24,27,32,34-56H2,1-3H3,(H,62,65)/b13-10+,19-16+,25-22+,29-28+,31-26+,33-30+. The van der Waals surface area contributed by atoms with Crippen molar-refractivity contribution in [1.82, 2.24) is 5.32 Å². The van der Waals surface area contributed by atoms with Crippen LogP contribution in [0.3, 0.4) is 0 Å². The van der Waals surface area contributed by atoms with Crippen LogP contribution in [0.25, 0.3) is 0 Å². The number of carbonyl (C=O) groups is 2. The topological polar surface area (TPSA) is 95.9 Å². The second-order valence-corrected chi connectivity index (χ2v) is 19.5. The molecule has 6 heteroatoms. The molecule has 0 spiro atoms. The van der Waals surface area contributed by atoms with Gasteiger partial charge in [0.15, 0.2) is 0 Å². The third-order valence-electron chi connectivity index (χ3n) is 12.9. The summed E-state index contributed by atoms with van der Waals surface area (Å²) in [6.45, 7) is 6.41. The molecule has 0 saturated carbocycles. The number of ether oxygens (including phenoxy) is 1. The maximum absolute atomic E-state index is 13.3. The zero-order valence-corrected chi connectivity index (χ0v) is 44.3. The normalized spacial score (nSPS) is 13.7. The zero-order valence-electron chi connectivity index (χ0n) is 44.3. The molecule has 1 amide bonds. The van der Waals surface area contributed by atoms with E-state index in [0.29, 0.717) is 19.3 Å². The molecule has 388 valence electrons. The average molecular weight is 937 g/mol. The summed E-state index contributed by atoms with van der Waals surface area (Å²) in [5.41, 5.74) is 0. The molecule has 6 nitrogen and oxygen atoms in total. The van der Waals surface area contributed by atoms with E-state index in [9.17, 15) is 19.8 Å². The second kappa shape index (κ2) is 54.2. The Hall–Kier alpha value is -2.70. The van der Waals surface area contributed by atoms with Gasteiger partial charge in [0.2, 0.25) is 5.91 Å². The Morgan fingerprint density at radius 3 is 1.25 bits per heavy atom. The van der Waals surface area contributed by atoms with Crippen LogP contribution in [0.15, 0.2) is 72.9 Å². The highest BCUT2D eigenvalue weighted by Crippen LogP contribution is 2.18. The molecule has 0 aliphatic rings. The molecule has 67 heavy (non-hydrogen) atoms. The lowest BCUT2D eigenvalue weighted by Crippen LogP contribution is -2.46. The molecule has 3 atom stereocenters. The maximum Gasteiger partial charge on any atom is 0.306 e. The van der Waals surface area contributed by atoms with Crippen molar-refractivity contribution in [2.24, 2.45) is 0 Å². The van der Waals surface area contributed by atoms with E-state index < -0.39 is 18.2 Å². The van der Waals surface area contributed by atoms with Crippen molar-refractivity contribution >= 4 is 11.9 Å². The van der Waals surface area contributed by atoms with Gasteiger partial charge in [0, 0.05) is 6.42 Å². The zero-order chi connectivity index (χ0) is 48.8. The first-order valence-corrected chi connectivity index (χ1v) is 28.7. The average Bonchev–Trinajstić information content (AvgIpc) is 3.32. The smallest absolute Gasteiger partial charge is 0.306 e. The van der Waals surface area contributed by atoms with Gasteiger partial charge in [-0.15, -0.1) is 0 Å². The number of hydrogen-bond acceptors (Lipinski definition) is 5. The highest BCUT2D eigenvalue weighted by molar-refractivity contribution is 5.77. The number of nitrogens with one attached hydrogen (secondary N) is 1. The summed E-state index contributed by atoms with van der Waals surface area (Å²) in [6, 6.07) is -0.713. The molecule has 0 aliphatic carbocycles. The number of hydrogen-bond donors (Lipinski definition) is 3. The maximum atomic E-state index is 13.3. The first kappa shape index (κ1) is 64.3. The van der Waals surface area contributed by atoms with E-state index in [1.54, 1.807) is 0 Å². The highest BCUT2D eigenvalue weighted by atomic mass is 16.5. The van der Waals surface area contributed by atoms with Gasteiger partial charge in [-0.2, -0.15) is 0 Å². The molecule has 3 N–H and O–H groups in total. The molecular formula is C61H109NO5. The third kappa shape index (κ3) is 49.5. The SMILES string of the molecule is CCC/C=C/C=C/C=C/C=C/C=C/CCCCCCCC(=O)OC(CCCCCCC/C=C/CCCCCCCC)CC(=O)NC(CO)C(O)CCCCCCCCCCCCCCCCC.